The Morgan fingerprint density at radius 2 is 1.86 bits per heavy atom. The molecule has 2 aromatic rings. The van der Waals surface area contributed by atoms with Gasteiger partial charge >= 0.3 is 0 Å². The highest BCUT2D eigenvalue weighted by atomic mass is 16.2. The normalized spacial score (nSPS) is 18.7. The second-order valence-corrected chi connectivity index (χ2v) is 7.80. The molecule has 0 aliphatic carbocycles. The van der Waals surface area contributed by atoms with Gasteiger partial charge in [0.25, 0.3) is 0 Å². The molecule has 0 radical (unpaired) electrons. The molecule has 29 heavy (non-hydrogen) atoms. The van der Waals surface area contributed by atoms with Gasteiger partial charge in [-0.3, -0.25) is 14.6 Å². The minimum atomic E-state index is -0.551. The van der Waals surface area contributed by atoms with Crippen LogP contribution >= 0.6 is 0 Å². The first kappa shape index (κ1) is 21.0. The van der Waals surface area contributed by atoms with Crippen molar-refractivity contribution in [2.24, 2.45) is 5.41 Å². The van der Waals surface area contributed by atoms with E-state index in [9.17, 15) is 9.59 Å². The van der Waals surface area contributed by atoms with Crippen LogP contribution in [0, 0.1) is 5.41 Å². The summed E-state index contributed by atoms with van der Waals surface area (Å²) in [6.07, 6.45) is 5.46. The molecule has 0 unspecified atom stereocenters. The molecule has 1 aromatic carbocycles. The van der Waals surface area contributed by atoms with Crippen LogP contribution in [0.1, 0.15) is 39.2 Å². The van der Waals surface area contributed by atoms with Crippen molar-refractivity contribution in [3.63, 3.8) is 0 Å². The fourth-order valence-corrected chi connectivity index (χ4v) is 4.33. The Bertz CT molecular complexity index is 848. The Labute approximate surface area is 173 Å². The van der Waals surface area contributed by atoms with Crippen LogP contribution in [-0.4, -0.2) is 52.8 Å². The maximum atomic E-state index is 13.5. The maximum absolute atomic E-state index is 13.5. The van der Waals surface area contributed by atoms with Crippen LogP contribution in [0.3, 0.4) is 0 Å². The molecule has 1 aliphatic heterocycles. The number of pyridine rings is 1. The molecule has 1 fully saturated rings. The van der Waals surface area contributed by atoms with Crippen LogP contribution in [-0.2, 0) is 16.0 Å². The molecule has 2 amide bonds. The van der Waals surface area contributed by atoms with Crippen LogP contribution in [0.25, 0.3) is 11.1 Å². The summed E-state index contributed by atoms with van der Waals surface area (Å²) in [6, 6.07) is 12.3. The topological polar surface area (TPSA) is 53.5 Å². The molecule has 1 aliphatic rings. The molecule has 0 N–H and O–H groups in total. The SMILES string of the molecule is CCC(=O)N1CC[C@](Cc2cccc(-c3cccnc3)c2)(C(=O)N(CC)CC)C1. The van der Waals surface area contributed by atoms with Crippen molar-refractivity contribution < 1.29 is 9.59 Å². The van der Waals surface area contributed by atoms with Gasteiger partial charge < -0.3 is 9.80 Å². The first-order valence-corrected chi connectivity index (χ1v) is 10.6. The van der Waals surface area contributed by atoms with E-state index >= 15 is 0 Å². The predicted molar refractivity (Wildman–Crippen MR) is 115 cm³/mol. The summed E-state index contributed by atoms with van der Waals surface area (Å²) in [4.78, 5) is 33.8. The number of rotatable bonds is 7. The van der Waals surface area contributed by atoms with Gasteiger partial charge in [0.2, 0.25) is 11.8 Å². The maximum Gasteiger partial charge on any atom is 0.230 e. The van der Waals surface area contributed by atoms with Gasteiger partial charge in [-0.05, 0) is 49.4 Å². The summed E-state index contributed by atoms with van der Waals surface area (Å²) >= 11 is 0. The van der Waals surface area contributed by atoms with Gasteiger partial charge in [-0.15, -0.1) is 0 Å². The molecule has 0 spiro atoms. The standard InChI is InChI=1S/C24H31N3O2/c1-4-22(28)27-14-12-24(18-27,23(29)26(5-2)6-3)16-19-9-7-10-20(15-19)21-11-8-13-25-17-21/h7-11,13,15,17H,4-6,12,14,16,18H2,1-3H3/t24-/m1/s1. The second kappa shape index (κ2) is 9.21. The molecule has 5 nitrogen and oxygen atoms in total. The number of carbonyl (C=O) groups is 2. The van der Waals surface area contributed by atoms with E-state index in [1.165, 1.54) is 0 Å². The first-order chi connectivity index (χ1) is 14.0. The molecular weight excluding hydrogens is 362 g/mol. The van der Waals surface area contributed by atoms with Gasteiger partial charge in [0.05, 0.1) is 5.41 Å². The molecule has 2 heterocycles. The Morgan fingerprint density at radius 1 is 1.10 bits per heavy atom. The third kappa shape index (κ3) is 4.50. The van der Waals surface area contributed by atoms with Crippen LogP contribution in [0.4, 0.5) is 0 Å². The van der Waals surface area contributed by atoms with Crippen LogP contribution in [0.5, 0.6) is 0 Å². The summed E-state index contributed by atoms with van der Waals surface area (Å²) in [5.74, 6) is 0.295. The van der Waals surface area contributed by atoms with E-state index in [0.717, 1.165) is 16.7 Å². The number of benzene rings is 1. The molecular formula is C24H31N3O2. The zero-order chi connectivity index (χ0) is 20.9. The molecule has 1 atom stereocenters. The van der Waals surface area contributed by atoms with E-state index in [1.54, 1.807) is 6.20 Å². The molecule has 3 rings (SSSR count). The quantitative estimate of drug-likeness (QED) is 0.719. The van der Waals surface area contributed by atoms with Crippen LogP contribution < -0.4 is 0 Å². The number of amides is 2. The lowest BCUT2D eigenvalue weighted by atomic mass is 9.79. The molecule has 0 bridgehead atoms. The highest BCUT2D eigenvalue weighted by Crippen LogP contribution is 2.37. The minimum absolute atomic E-state index is 0.128. The van der Waals surface area contributed by atoms with E-state index in [0.29, 0.717) is 45.4 Å². The molecule has 0 saturated carbocycles. The summed E-state index contributed by atoms with van der Waals surface area (Å²) in [5, 5.41) is 0. The molecule has 1 aromatic heterocycles. The van der Waals surface area contributed by atoms with Crippen molar-refractivity contribution in [3.8, 4) is 11.1 Å². The van der Waals surface area contributed by atoms with Gasteiger partial charge in [-0.25, -0.2) is 0 Å². The zero-order valence-electron chi connectivity index (χ0n) is 17.7. The first-order valence-electron chi connectivity index (χ1n) is 10.6. The van der Waals surface area contributed by atoms with Crippen molar-refractivity contribution in [2.45, 2.75) is 40.0 Å². The Kier molecular flexibility index (Phi) is 6.68. The van der Waals surface area contributed by atoms with E-state index in [1.807, 2.05) is 55.0 Å². The van der Waals surface area contributed by atoms with Gasteiger partial charge in [0, 0.05) is 45.0 Å². The number of nitrogens with zero attached hydrogens (tertiary/aromatic N) is 3. The Morgan fingerprint density at radius 3 is 2.52 bits per heavy atom. The summed E-state index contributed by atoms with van der Waals surface area (Å²) < 4.78 is 0. The van der Waals surface area contributed by atoms with Crippen molar-refractivity contribution in [2.75, 3.05) is 26.2 Å². The number of likely N-dealkylation sites (tertiary alicyclic amines) is 1. The number of hydrogen-bond donors (Lipinski definition) is 0. The summed E-state index contributed by atoms with van der Waals surface area (Å²) in [7, 11) is 0. The summed E-state index contributed by atoms with van der Waals surface area (Å²) in [5.41, 5.74) is 2.73. The smallest absolute Gasteiger partial charge is 0.230 e. The monoisotopic (exact) mass is 393 g/mol. The van der Waals surface area contributed by atoms with E-state index in [-0.39, 0.29) is 11.8 Å². The van der Waals surface area contributed by atoms with Gasteiger partial charge in [0.1, 0.15) is 0 Å². The minimum Gasteiger partial charge on any atom is -0.343 e. The average Bonchev–Trinajstić information content (AvgIpc) is 3.20. The number of hydrogen-bond acceptors (Lipinski definition) is 3. The zero-order valence-corrected chi connectivity index (χ0v) is 17.7. The van der Waals surface area contributed by atoms with Crippen LogP contribution in [0.2, 0.25) is 0 Å². The lowest BCUT2D eigenvalue weighted by Crippen LogP contribution is -2.47. The Hall–Kier alpha value is -2.69. The lowest BCUT2D eigenvalue weighted by Gasteiger charge is -2.34. The molecule has 154 valence electrons. The fraction of sp³-hybridized carbons (Fsp3) is 0.458. The lowest BCUT2D eigenvalue weighted by molar-refractivity contribution is -0.141. The fourth-order valence-electron chi connectivity index (χ4n) is 4.33. The van der Waals surface area contributed by atoms with Crippen molar-refractivity contribution in [1.82, 2.24) is 14.8 Å². The highest BCUT2D eigenvalue weighted by Gasteiger charge is 2.47. The average molecular weight is 394 g/mol. The number of aromatic nitrogens is 1. The third-order valence-corrected chi connectivity index (χ3v) is 5.98. The van der Waals surface area contributed by atoms with E-state index < -0.39 is 5.41 Å². The van der Waals surface area contributed by atoms with Crippen molar-refractivity contribution in [1.29, 1.82) is 0 Å². The third-order valence-electron chi connectivity index (χ3n) is 5.98. The summed E-state index contributed by atoms with van der Waals surface area (Å²) in [6.45, 7) is 8.45. The van der Waals surface area contributed by atoms with Crippen molar-refractivity contribution in [3.05, 3.63) is 54.4 Å². The van der Waals surface area contributed by atoms with Gasteiger partial charge in [-0.2, -0.15) is 0 Å². The van der Waals surface area contributed by atoms with Crippen LogP contribution in [0.15, 0.2) is 48.8 Å². The van der Waals surface area contributed by atoms with E-state index in [2.05, 4.69) is 23.2 Å². The second-order valence-electron chi connectivity index (χ2n) is 7.80. The van der Waals surface area contributed by atoms with Crippen molar-refractivity contribution >= 4 is 11.8 Å². The highest BCUT2D eigenvalue weighted by molar-refractivity contribution is 5.86. The molecule has 1 saturated heterocycles. The van der Waals surface area contributed by atoms with Gasteiger partial charge in [0.15, 0.2) is 0 Å². The molecule has 5 heteroatoms. The van der Waals surface area contributed by atoms with Gasteiger partial charge in [-0.1, -0.05) is 37.3 Å². The Balaban J connectivity index is 1.92. The number of carbonyl (C=O) groups excluding carboxylic acids is 2. The largest absolute Gasteiger partial charge is 0.343 e. The predicted octanol–water partition coefficient (Wildman–Crippen LogP) is 3.79. The van der Waals surface area contributed by atoms with E-state index in [4.69, 9.17) is 0 Å².